The van der Waals surface area contributed by atoms with Crippen LogP contribution in [0.25, 0.3) is 0 Å². The highest BCUT2D eigenvalue weighted by atomic mass is 16.3. The van der Waals surface area contributed by atoms with E-state index in [0.29, 0.717) is 0 Å². The molecule has 0 heterocycles. The van der Waals surface area contributed by atoms with E-state index in [1.54, 1.807) is 6.07 Å². The minimum atomic E-state index is -1.39. The molecule has 0 aromatic carbocycles. The molecule has 0 aliphatic carbocycles. The largest absolute Gasteiger partial charge is 0.404 e. The number of nitrogens with zero attached hydrogens (tertiary/aromatic N) is 2. The van der Waals surface area contributed by atoms with Crippen LogP contribution < -0.4 is 5.73 Å². The Bertz CT molecular complexity index is 195. The van der Waals surface area contributed by atoms with Crippen LogP contribution in [-0.2, 0) is 0 Å². The van der Waals surface area contributed by atoms with Crippen molar-refractivity contribution < 1.29 is 5.11 Å². The molecule has 0 saturated carbocycles. The standard InChI is InChI=1S/C5H5N3O/c6-1-4(2-7)5(9)3-8/h1,5,9H,6H2. The zero-order chi connectivity index (χ0) is 7.28. The molecule has 0 aromatic heterocycles. The lowest BCUT2D eigenvalue weighted by Gasteiger charge is -1.93. The van der Waals surface area contributed by atoms with Gasteiger partial charge in [0, 0.05) is 6.20 Å². The molecular formula is C5H5N3O. The van der Waals surface area contributed by atoms with Gasteiger partial charge in [-0.25, -0.2) is 0 Å². The molecule has 1 unspecified atom stereocenters. The molecule has 9 heavy (non-hydrogen) atoms. The number of rotatable bonds is 1. The van der Waals surface area contributed by atoms with Crippen molar-refractivity contribution in [1.82, 2.24) is 0 Å². The third-order valence-electron chi connectivity index (χ3n) is 0.726. The average molecular weight is 123 g/mol. The van der Waals surface area contributed by atoms with Crippen molar-refractivity contribution in [3.8, 4) is 12.1 Å². The number of nitriles is 2. The Morgan fingerprint density at radius 1 is 1.67 bits per heavy atom. The molecule has 4 heteroatoms. The molecule has 46 valence electrons. The van der Waals surface area contributed by atoms with E-state index in [0.717, 1.165) is 6.20 Å². The van der Waals surface area contributed by atoms with Gasteiger partial charge in [0.2, 0.25) is 0 Å². The van der Waals surface area contributed by atoms with Gasteiger partial charge >= 0.3 is 0 Å². The van der Waals surface area contributed by atoms with Crippen molar-refractivity contribution in [3.63, 3.8) is 0 Å². The molecule has 0 rings (SSSR count). The van der Waals surface area contributed by atoms with Gasteiger partial charge in [0.15, 0.2) is 6.10 Å². The highest BCUT2D eigenvalue weighted by Crippen LogP contribution is 1.95. The fourth-order valence-electron chi connectivity index (χ4n) is 0.259. The van der Waals surface area contributed by atoms with Crippen molar-refractivity contribution in [2.45, 2.75) is 6.10 Å². The summed E-state index contributed by atoms with van der Waals surface area (Å²) in [4.78, 5) is 0. The smallest absolute Gasteiger partial charge is 0.177 e. The summed E-state index contributed by atoms with van der Waals surface area (Å²) in [5.41, 5.74) is 4.74. The van der Waals surface area contributed by atoms with Crippen molar-refractivity contribution in [2.24, 2.45) is 5.73 Å². The van der Waals surface area contributed by atoms with Crippen molar-refractivity contribution >= 4 is 0 Å². The van der Waals surface area contributed by atoms with Crippen LogP contribution in [0.15, 0.2) is 11.8 Å². The second-order valence-corrected chi connectivity index (χ2v) is 1.27. The Morgan fingerprint density at radius 3 is 2.33 bits per heavy atom. The van der Waals surface area contributed by atoms with Crippen LogP contribution in [0.4, 0.5) is 0 Å². The molecule has 0 bridgehead atoms. The monoisotopic (exact) mass is 123 g/mol. The summed E-state index contributed by atoms with van der Waals surface area (Å²) >= 11 is 0. The summed E-state index contributed by atoms with van der Waals surface area (Å²) in [5.74, 6) is 0. The van der Waals surface area contributed by atoms with E-state index in [-0.39, 0.29) is 5.57 Å². The van der Waals surface area contributed by atoms with Crippen molar-refractivity contribution in [2.75, 3.05) is 0 Å². The zero-order valence-electron chi connectivity index (χ0n) is 4.57. The Balaban J connectivity index is 4.23. The van der Waals surface area contributed by atoms with Gasteiger partial charge in [0.25, 0.3) is 0 Å². The van der Waals surface area contributed by atoms with Crippen molar-refractivity contribution in [3.05, 3.63) is 11.8 Å². The average Bonchev–Trinajstić information content (AvgIpc) is 1.90. The van der Waals surface area contributed by atoms with E-state index < -0.39 is 6.10 Å². The number of hydrogen-bond donors (Lipinski definition) is 2. The summed E-state index contributed by atoms with van der Waals surface area (Å²) < 4.78 is 0. The first-order valence-electron chi connectivity index (χ1n) is 2.15. The minimum Gasteiger partial charge on any atom is -0.404 e. The third kappa shape index (κ3) is 1.81. The van der Waals surface area contributed by atoms with Gasteiger partial charge in [-0.2, -0.15) is 10.5 Å². The first-order valence-corrected chi connectivity index (χ1v) is 2.15. The van der Waals surface area contributed by atoms with Gasteiger partial charge in [-0.1, -0.05) is 0 Å². The summed E-state index contributed by atoms with van der Waals surface area (Å²) in [5, 5.41) is 24.7. The molecule has 0 radical (unpaired) electrons. The number of nitrogens with two attached hydrogens (primary N) is 1. The molecule has 3 N–H and O–H groups in total. The highest BCUT2D eigenvalue weighted by Gasteiger charge is 2.05. The molecule has 0 saturated heterocycles. The van der Waals surface area contributed by atoms with Gasteiger partial charge in [-0.05, 0) is 0 Å². The second kappa shape index (κ2) is 3.48. The van der Waals surface area contributed by atoms with Crippen LogP contribution in [0, 0.1) is 22.7 Å². The number of hydrogen-bond acceptors (Lipinski definition) is 4. The van der Waals surface area contributed by atoms with Crippen LogP contribution in [0.5, 0.6) is 0 Å². The summed E-state index contributed by atoms with van der Waals surface area (Å²) in [6.07, 6.45) is -0.478. The van der Waals surface area contributed by atoms with Crippen LogP contribution in [0.2, 0.25) is 0 Å². The SMILES string of the molecule is N#CC(=CN)C(O)C#N. The Hall–Kier alpha value is -1.52. The maximum Gasteiger partial charge on any atom is 0.177 e. The maximum absolute atomic E-state index is 8.59. The van der Waals surface area contributed by atoms with E-state index in [9.17, 15) is 0 Å². The summed E-state index contributed by atoms with van der Waals surface area (Å²) in [6, 6.07) is 3.02. The van der Waals surface area contributed by atoms with Crippen LogP contribution in [0.1, 0.15) is 0 Å². The number of aliphatic hydroxyl groups excluding tert-OH is 1. The topological polar surface area (TPSA) is 93.8 Å². The van der Waals surface area contributed by atoms with Gasteiger partial charge in [-0.15, -0.1) is 0 Å². The van der Waals surface area contributed by atoms with Crippen LogP contribution in [-0.4, -0.2) is 11.2 Å². The van der Waals surface area contributed by atoms with Crippen LogP contribution >= 0.6 is 0 Å². The lowest BCUT2D eigenvalue weighted by molar-refractivity contribution is 0.270. The van der Waals surface area contributed by atoms with Gasteiger partial charge < -0.3 is 10.8 Å². The van der Waals surface area contributed by atoms with E-state index in [1.807, 2.05) is 0 Å². The minimum absolute atomic E-state index is 0.127. The molecule has 0 amide bonds. The lowest BCUT2D eigenvalue weighted by Crippen LogP contribution is -2.06. The zero-order valence-corrected chi connectivity index (χ0v) is 4.57. The van der Waals surface area contributed by atoms with E-state index in [4.69, 9.17) is 21.4 Å². The Labute approximate surface area is 52.4 Å². The van der Waals surface area contributed by atoms with E-state index >= 15 is 0 Å². The molecule has 0 aliphatic rings. The Morgan fingerprint density at radius 2 is 2.22 bits per heavy atom. The molecule has 0 spiro atoms. The predicted molar refractivity (Wildman–Crippen MR) is 29.5 cm³/mol. The van der Waals surface area contributed by atoms with Gasteiger partial charge in [-0.3, -0.25) is 0 Å². The summed E-state index contributed by atoms with van der Waals surface area (Å²) in [7, 11) is 0. The van der Waals surface area contributed by atoms with E-state index in [1.165, 1.54) is 6.07 Å². The van der Waals surface area contributed by atoms with Crippen molar-refractivity contribution in [1.29, 1.82) is 10.5 Å². The molecule has 1 atom stereocenters. The number of aliphatic hydroxyl groups is 1. The molecule has 0 aliphatic heterocycles. The lowest BCUT2D eigenvalue weighted by atomic mass is 10.2. The fourth-order valence-corrected chi connectivity index (χ4v) is 0.259. The fraction of sp³-hybridized carbons (Fsp3) is 0.200. The molecule has 0 aromatic rings. The first-order chi connectivity index (χ1) is 4.26. The molecule has 4 nitrogen and oxygen atoms in total. The van der Waals surface area contributed by atoms with E-state index in [2.05, 4.69) is 0 Å². The quantitative estimate of drug-likeness (QED) is 0.354. The predicted octanol–water partition coefficient (Wildman–Crippen LogP) is -0.763. The molecule has 0 fully saturated rings. The Kier molecular flexibility index (Phi) is 2.89. The van der Waals surface area contributed by atoms with Gasteiger partial charge in [0.05, 0.1) is 11.6 Å². The second-order valence-electron chi connectivity index (χ2n) is 1.27. The maximum atomic E-state index is 8.59. The van der Waals surface area contributed by atoms with Crippen LogP contribution in [0.3, 0.4) is 0 Å². The van der Waals surface area contributed by atoms with Gasteiger partial charge in [0.1, 0.15) is 6.07 Å². The third-order valence-corrected chi connectivity index (χ3v) is 0.726. The molecular weight excluding hydrogens is 118 g/mol. The normalized spacial score (nSPS) is 13.4. The highest BCUT2D eigenvalue weighted by molar-refractivity contribution is 5.28. The summed E-state index contributed by atoms with van der Waals surface area (Å²) in [6.45, 7) is 0. The first kappa shape index (κ1) is 7.48.